The lowest BCUT2D eigenvalue weighted by atomic mass is 9.89. The highest BCUT2D eigenvalue weighted by molar-refractivity contribution is 5.66. The summed E-state index contributed by atoms with van der Waals surface area (Å²) in [6.45, 7) is 2.04. The Hall–Kier alpha value is -1.69. The number of aliphatic carboxylic acids is 1. The normalized spacial score (nSPS) is 27.6. The van der Waals surface area contributed by atoms with Crippen LogP contribution in [-0.4, -0.2) is 44.7 Å². The standard InChI is InChI=1S/C22H34O5/c1-2-3-8-11-17(23)14-15-19-18(20(24)16-21(19)25)12-9-6-4-5-7-10-13-22(26)27/h3,5-9,14-15,17-21,23-25H,2,4,10-13,16H2,1H3,(H,26,27)/b7-5-,8-3-,9-6-,15-14+/t17-,18-,19+,20-,21+/m0/s1. The van der Waals surface area contributed by atoms with Crippen molar-refractivity contribution in [3.8, 4) is 0 Å². The van der Waals surface area contributed by atoms with Crippen LogP contribution in [0.3, 0.4) is 0 Å². The van der Waals surface area contributed by atoms with Gasteiger partial charge in [-0.15, -0.1) is 0 Å². The van der Waals surface area contributed by atoms with Crippen molar-refractivity contribution in [1.82, 2.24) is 0 Å². The smallest absolute Gasteiger partial charge is 0.303 e. The highest BCUT2D eigenvalue weighted by atomic mass is 16.4. The number of hydrogen-bond donors (Lipinski definition) is 4. The molecule has 0 radical (unpaired) electrons. The molecule has 0 aromatic heterocycles. The summed E-state index contributed by atoms with van der Waals surface area (Å²) < 4.78 is 0. The number of aliphatic hydroxyl groups is 3. The maximum atomic E-state index is 10.4. The highest BCUT2D eigenvalue weighted by Crippen LogP contribution is 2.36. The number of carboxylic acids is 1. The first kappa shape index (κ1) is 23.3. The van der Waals surface area contributed by atoms with Crippen molar-refractivity contribution in [3.63, 3.8) is 0 Å². The van der Waals surface area contributed by atoms with Crippen molar-refractivity contribution in [3.05, 3.63) is 48.6 Å². The van der Waals surface area contributed by atoms with Crippen molar-refractivity contribution in [2.45, 2.75) is 70.2 Å². The Morgan fingerprint density at radius 1 is 1.07 bits per heavy atom. The van der Waals surface area contributed by atoms with Gasteiger partial charge >= 0.3 is 5.97 Å². The first-order chi connectivity index (χ1) is 13.0. The van der Waals surface area contributed by atoms with Crippen LogP contribution in [0.4, 0.5) is 0 Å². The molecule has 5 atom stereocenters. The molecule has 0 heterocycles. The van der Waals surface area contributed by atoms with Crippen molar-refractivity contribution >= 4 is 5.97 Å². The topological polar surface area (TPSA) is 98.0 Å². The minimum Gasteiger partial charge on any atom is -0.481 e. The van der Waals surface area contributed by atoms with Crippen LogP contribution in [0.2, 0.25) is 0 Å². The minimum atomic E-state index is -0.797. The van der Waals surface area contributed by atoms with Crippen molar-refractivity contribution in [2.24, 2.45) is 11.8 Å². The molecule has 152 valence electrons. The Labute approximate surface area is 162 Å². The van der Waals surface area contributed by atoms with Gasteiger partial charge in [-0.05, 0) is 38.0 Å². The third kappa shape index (κ3) is 9.70. The van der Waals surface area contributed by atoms with Gasteiger partial charge < -0.3 is 20.4 Å². The third-order valence-corrected chi connectivity index (χ3v) is 4.79. The number of carboxylic acid groups (broad SMARTS) is 1. The van der Waals surface area contributed by atoms with Crippen LogP contribution in [-0.2, 0) is 4.79 Å². The number of aliphatic hydroxyl groups excluding tert-OH is 3. The van der Waals surface area contributed by atoms with Gasteiger partial charge in [-0.25, -0.2) is 0 Å². The molecule has 0 aromatic rings. The second kappa shape index (κ2) is 13.5. The van der Waals surface area contributed by atoms with E-state index in [1.807, 2.05) is 49.5 Å². The number of carbonyl (C=O) groups is 1. The van der Waals surface area contributed by atoms with E-state index in [4.69, 9.17) is 5.11 Å². The lowest BCUT2D eigenvalue weighted by Crippen LogP contribution is -2.20. The molecule has 5 heteroatoms. The molecule has 5 nitrogen and oxygen atoms in total. The molecule has 1 fully saturated rings. The monoisotopic (exact) mass is 378 g/mol. The van der Waals surface area contributed by atoms with Crippen LogP contribution in [0.15, 0.2) is 48.6 Å². The zero-order valence-electron chi connectivity index (χ0n) is 16.2. The van der Waals surface area contributed by atoms with E-state index in [1.165, 1.54) is 0 Å². The first-order valence-corrected chi connectivity index (χ1v) is 9.85. The first-order valence-electron chi connectivity index (χ1n) is 9.85. The van der Waals surface area contributed by atoms with E-state index in [1.54, 1.807) is 6.08 Å². The third-order valence-electron chi connectivity index (χ3n) is 4.79. The van der Waals surface area contributed by atoms with Crippen LogP contribution in [0, 0.1) is 11.8 Å². The van der Waals surface area contributed by atoms with E-state index < -0.39 is 24.3 Å². The fourth-order valence-electron chi connectivity index (χ4n) is 3.29. The molecule has 1 aliphatic carbocycles. The predicted molar refractivity (Wildman–Crippen MR) is 107 cm³/mol. The van der Waals surface area contributed by atoms with Crippen LogP contribution in [0.25, 0.3) is 0 Å². The molecule has 0 aromatic carbocycles. The van der Waals surface area contributed by atoms with Gasteiger partial charge in [-0.2, -0.15) is 0 Å². The van der Waals surface area contributed by atoms with E-state index in [2.05, 4.69) is 0 Å². The fourth-order valence-corrected chi connectivity index (χ4v) is 3.29. The van der Waals surface area contributed by atoms with E-state index in [0.717, 1.165) is 6.42 Å². The zero-order valence-corrected chi connectivity index (χ0v) is 16.2. The number of allylic oxidation sites excluding steroid dienone is 5. The molecule has 0 bridgehead atoms. The molecular weight excluding hydrogens is 344 g/mol. The molecule has 27 heavy (non-hydrogen) atoms. The van der Waals surface area contributed by atoms with Gasteiger partial charge in [-0.1, -0.05) is 55.5 Å². The molecule has 0 saturated heterocycles. The molecule has 4 N–H and O–H groups in total. The summed E-state index contributed by atoms with van der Waals surface area (Å²) in [7, 11) is 0. The zero-order chi connectivity index (χ0) is 20.1. The maximum Gasteiger partial charge on any atom is 0.303 e. The molecule has 0 spiro atoms. The van der Waals surface area contributed by atoms with Gasteiger partial charge in [0.1, 0.15) is 0 Å². The van der Waals surface area contributed by atoms with Crippen LogP contribution < -0.4 is 0 Å². The molecule has 0 aliphatic heterocycles. The fraction of sp³-hybridized carbons (Fsp3) is 0.591. The van der Waals surface area contributed by atoms with Gasteiger partial charge in [0.2, 0.25) is 0 Å². The Balaban J connectivity index is 2.47. The summed E-state index contributed by atoms with van der Waals surface area (Å²) >= 11 is 0. The largest absolute Gasteiger partial charge is 0.481 e. The number of rotatable bonds is 12. The van der Waals surface area contributed by atoms with Crippen molar-refractivity contribution in [2.75, 3.05) is 0 Å². The van der Waals surface area contributed by atoms with E-state index in [0.29, 0.717) is 32.1 Å². The average Bonchev–Trinajstić information content (AvgIpc) is 2.88. The van der Waals surface area contributed by atoms with Crippen LogP contribution >= 0.6 is 0 Å². The molecule has 1 saturated carbocycles. The Bertz CT molecular complexity index is 535. The summed E-state index contributed by atoms with van der Waals surface area (Å²) in [5.74, 6) is -1.03. The van der Waals surface area contributed by atoms with Crippen molar-refractivity contribution < 1.29 is 25.2 Å². The summed E-state index contributed by atoms with van der Waals surface area (Å²) in [6.07, 6.45) is 17.4. The van der Waals surface area contributed by atoms with Gasteiger partial charge in [0.15, 0.2) is 0 Å². The van der Waals surface area contributed by atoms with E-state index in [-0.39, 0.29) is 18.3 Å². The van der Waals surface area contributed by atoms with Crippen LogP contribution in [0.1, 0.15) is 51.9 Å². The van der Waals surface area contributed by atoms with E-state index in [9.17, 15) is 20.1 Å². The van der Waals surface area contributed by atoms with Gasteiger partial charge in [-0.3, -0.25) is 4.79 Å². The second-order valence-electron chi connectivity index (χ2n) is 7.03. The molecular formula is C22H34O5. The maximum absolute atomic E-state index is 10.4. The molecule has 0 amide bonds. The second-order valence-corrected chi connectivity index (χ2v) is 7.03. The lowest BCUT2D eigenvalue weighted by molar-refractivity contribution is -0.136. The summed E-state index contributed by atoms with van der Waals surface area (Å²) in [4.78, 5) is 10.4. The minimum absolute atomic E-state index is 0.0677. The lowest BCUT2D eigenvalue weighted by Gasteiger charge is -2.19. The van der Waals surface area contributed by atoms with Crippen LogP contribution in [0.5, 0.6) is 0 Å². The Morgan fingerprint density at radius 3 is 2.52 bits per heavy atom. The predicted octanol–water partition coefficient (Wildman–Crippen LogP) is 3.38. The summed E-state index contributed by atoms with van der Waals surface area (Å²) in [5.41, 5.74) is 0. The van der Waals surface area contributed by atoms with E-state index >= 15 is 0 Å². The molecule has 1 aliphatic rings. The molecule has 0 unspecified atom stereocenters. The average molecular weight is 379 g/mol. The Morgan fingerprint density at radius 2 is 1.81 bits per heavy atom. The van der Waals surface area contributed by atoms with Gasteiger partial charge in [0.25, 0.3) is 0 Å². The van der Waals surface area contributed by atoms with Crippen molar-refractivity contribution in [1.29, 1.82) is 0 Å². The quantitative estimate of drug-likeness (QED) is 0.390. The summed E-state index contributed by atoms with van der Waals surface area (Å²) in [6, 6.07) is 0. The van der Waals surface area contributed by atoms with Gasteiger partial charge in [0, 0.05) is 18.8 Å². The Kier molecular flexibility index (Phi) is 11.7. The SMILES string of the molecule is CC/C=C\C[C@H](O)/C=C/[C@@H]1[C@H](C/C=C\C/C=C\CCC(=O)O)[C@@H](O)C[C@H]1O. The highest BCUT2D eigenvalue weighted by Gasteiger charge is 2.39. The number of hydrogen-bond acceptors (Lipinski definition) is 4. The van der Waals surface area contributed by atoms with Gasteiger partial charge in [0.05, 0.1) is 18.3 Å². The summed E-state index contributed by atoms with van der Waals surface area (Å²) in [5, 5.41) is 39.0. The molecule has 1 rings (SSSR count).